The van der Waals surface area contributed by atoms with Gasteiger partial charge in [-0.05, 0) is 121 Å². The average Bonchev–Trinajstić information content (AvgIpc) is 3.50. The predicted octanol–water partition coefficient (Wildman–Crippen LogP) is 11.5. The van der Waals surface area contributed by atoms with E-state index in [0.717, 1.165) is 23.0 Å². The SMILES string of the molecule is c1ccc([Si](c2ccccc2)(c2ccccc2)c2cccc(-c3nc(-c4cccc([Si](c5ccccc5)(c5ccccc5)c5ccccc5)c4)nc(N4c5ccccc5C5(c6ccccc64)C4CC6CC(C4)CC5C6)n3)c2)cc1. The largest absolute Gasteiger partial charge is 0.278 e. The quantitative estimate of drug-likeness (QED) is 0.0956. The summed E-state index contributed by atoms with van der Waals surface area (Å²) in [4.78, 5) is 19.6. The molecule has 79 heavy (non-hydrogen) atoms. The topological polar surface area (TPSA) is 41.9 Å². The maximum absolute atomic E-state index is 5.76. The number of anilines is 3. The molecule has 16 rings (SSSR count). The molecule has 6 heteroatoms. The second kappa shape index (κ2) is 19.4. The Hall–Kier alpha value is -8.56. The fraction of sp³-hybridized carbons (Fsp3) is 0.137. The zero-order valence-corrected chi connectivity index (χ0v) is 46.2. The Balaban J connectivity index is 0.982. The van der Waals surface area contributed by atoms with Crippen LogP contribution in [-0.2, 0) is 5.41 Å². The first kappa shape index (κ1) is 47.6. The average molecular weight is 1050 g/mol. The molecule has 1 aromatic heterocycles. The first-order chi connectivity index (χ1) is 39.1. The summed E-state index contributed by atoms with van der Waals surface area (Å²) in [5, 5.41) is 10.5. The van der Waals surface area contributed by atoms with Gasteiger partial charge in [0.25, 0.3) is 0 Å². The van der Waals surface area contributed by atoms with Crippen molar-refractivity contribution in [3.63, 3.8) is 0 Å². The number of para-hydroxylation sites is 2. The molecule has 0 saturated heterocycles. The van der Waals surface area contributed by atoms with Gasteiger partial charge in [-0.25, -0.2) is 4.98 Å². The van der Waals surface area contributed by atoms with Crippen LogP contribution < -0.4 is 46.4 Å². The number of rotatable bonds is 11. The highest BCUT2D eigenvalue weighted by atomic mass is 28.3. The van der Waals surface area contributed by atoms with Crippen molar-refractivity contribution in [3.8, 4) is 22.8 Å². The minimum Gasteiger partial charge on any atom is -0.278 e. The van der Waals surface area contributed by atoms with Crippen LogP contribution in [0.5, 0.6) is 0 Å². The second-order valence-corrected chi connectivity index (χ2v) is 30.3. The zero-order chi connectivity index (χ0) is 52.4. The molecular formula is C73H60N4Si2. The van der Waals surface area contributed by atoms with Crippen molar-refractivity contribution >= 4 is 75.0 Å². The molecule has 380 valence electrons. The van der Waals surface area contributed by atoms with Crippen molar-refractivity contribution < 1.29 is 0 Å². The van der Waals surface area contributed by atoms with Crippen LogP contribution in [-0.4, -0.2) is 31.1 Å². The molecule has 2 heterocycles. The van der Waals surface area contributed by atoms with Crippen LogP contribution in [0.3, 0.4) is 0 Å². The Morgan fingerprint density at radius 2 is 0.608 bits per heavy atom. The standard InChI is InChI=1S/C73H60N4Si2/c1-7-27-58(28-8-1)78(59-29-9-2-10-30-59,60-31-11-3-12-32-60)64-39-23-25-54(50-64)70-74-71(55-26-24-40-65(51-55)79(61-33-13-4-14-34-61,62-35-15-5-16-36-62)63-37-17-6-18-38-63)76-72(75-70)77-68-43-21-19-41-66(68)73(67-42-20-22-44-69(67)77)56-46-52-45-53(48-56)49-57(73)47-52/h1-44,50-53,56-57H,45-49H2. The fourth-order valence-corrected chi connectivity index (χ4v) is 25.6. The van der Waals surface area contributed by atoms with Crippen molar-refractivity contribution in [3.05, 3.63) is 290 Å². The lowest BCUT2D eigenvalue weighted by molar-refractivity contribution is -0.0419. The number of hydrogen-bond donors (Lipinski definition) is 0. The molecule has 5 aliphatic rings. The van der Waals surface area contributed by atoms with E-state index in [9.17, 15) is 0 Å². The molecule has 1 spiro atoms. The van der Waals surface area contributed by atoms with Crippen molar-refractivity contribution in [2.24, 2.45) is 23.7 Å². The van der Waals surface area contributed by atoms with Crippen LogP contribution in [0.1, 0.15) is 43.2 Å². The lowest BCUT2D eigenvalue weighted by Crippen LogP contribution is -2.74. The Bertz CT molecular complexity index is 3530. The number of hydrogen-bond acceptors (Lipinski definition) is 4. The second-order valence-electron chi connectivity index (χ2n) is 22.7. The van der Waals surface area contributed by atoms with E-state index in [1.807, 2.05) is 0 Å². The number of aromatic nitrogens is 3. The van der Waals surface area contributed by atoms with Gasteiger partial charge in [0, 0.05) is 16.5 Å². The maximum Gasteiger partial charge on any atom is 0.238 e. The summed E-state index contributed by atoms with van der Waals surface area (Å²) in [7, 11) is -5.84. The highest BCUT2D eigenvalue weighted by Gasteiger charge is 2.61. The fourth-order valence-electron chi connectivity index (χ4n) is 16.0. The van der Waals surface area contributed by atoms with E-state index in [4.69, 9.17) is 15.0 Å². The van der Waals surface area contributed by atoms with Gasteiger partial charge in [0.05, 0.1) is 11.4 Å². The van der Waals surface area contributed by atoms with Gasteiger partial charge in [0.15, 0.2) is 27.8 Å². The third-order valence-electron chi connectivity index (χ3n) is 18.8. The summed E-state index contributed by atoms with van der Waals surface area (Å²) in [6.45, 7) is 0. The lowest BCUT2D eigenvalue weighted by atomic mass is 9.41. The van der Waals surface area contributed by atoms with Crippen molar-refractivity contribution in [2.45, 2.75) is 37.5 Å². The molecule has 4 aliphatic carbocycles. The van der Waals surface area contributed by atoms with E-state index in [2.05, 4.69) is 284 Å². The van der Waals surface area contributed by atoms with Crippen LogP contribution in [0.4, 0.5) is 17.3 Å². The van der Waals surface area contributed by atoms with Gasteiger partial charge < -0.3 is 0 Å². The molecular weight excluding hydrogens is 989 g/mol. The van der Waals surface area contributed by atoms with E-state index in [0.29, 0.717) is 29.4 Å². The van der Waals surface area contributed by atoms with Crippen molar-refractivity contribution in [1.82, 2.24) is 15.0 Å². The van der Waals surface area contributed by atoms with E-state index in [-0.39, 0.29) is 5.41 Å². The normalized spacial score (nSPS) is 18.7. The minimum atomic E-state index is -2.92. The summed E-state index contributed by atoms with van der Waals surface area (Å²) < 4.78 is 0. The van der Waals surface area contributed by atoms with Crippen LogP contribution in [0, 0.1) is 23.7 Å². The van der Waals surface area contributed by atoms with Gasteiger partial charge in [-0.15, -0.1) is 0 Å². The summed E-state index contributed by atoms with van der Waals surface area (Å²) >= 11 is 0. The van der Waals surface area contributed by atoms with Crippen molar-refractivity contribution in [1.29, 1.82) is 0 Å². The Morgan fingerprint density at radius 1 is 0.304 bits per heavy atom. The van der Waals surface area contributed by atoms with E-state index < -0.39 is 16.1 Å². The van der Waals surface area contributed by atoms with E-state index >= 15 is 0 Å². The van der Waals surface area contributed by atoms with Gasteiger partial charge in [0.2, 0.25) is 5.95 Å². The van der Waals surface area contributed by atoms with Crippen molar-refractivity contribution in [2.75, 3.05) is 4.90 Å². The van der Waals surface area contributed by atoms with Gasteiger partial charge >= 0.3 is 0 Å². The minimum absolute atomic E-state index is 0.0565. The van der Waals surface area contributed by atoms with E-state index in [1.54, 1.807) is 0 Å². The van der Waals surface area contributed by atoms with Crippen LogP contribution in [0.15, 0.2) is 279 Å². The molecule has 0 amide bonds. The number of benzene rings is 10. The van der Waals surface area contributed by atoms with Crippen LogP contribution >= 0.6 is 0 Å². The van der Waals surface area contributed by atoms with E-state index in [1.165, 1.54) is 96.1 Å². The third-order valence-corrected chi connectivity index (χ3v) is 28.3. The third kappa shape index (κ3) is 7.48. The Labute approximate surface area is 466 Å². The molecule has 0 N–H and O–H groups in total. The molecule has 4 saturated carbocycles. The Kier molecular flexibility index (Phi) is 11.7. The smallest absolute Gasteiger partial charge is 0.238 e. The zero-order valence-electron chi connectivity index (χ0n) is 44.2. The summed E-state index contributed by atoms with van der Waals surface area (Å²) in [5.41, 5.74) is 7.09. The molecule has 11 aromatic rings. The maximum atomic E-state index is 5.76. The highest BCUT2D eigenvalue weighted by Crippen LogP contribution is 2.69. The molecule has 0 radical (unpaired) electrons. The molecule has 0 atom stereocenters. The molecule has 4 fully saturated rings. The number of fused-ring (bicyclic) bond motifs is 2. The monoisotopic (exact) mass is 1050 g/mol. The Morgan fingerprint density at radius 3 is 0.949 bits per heavy atom. The summed E-state index contributed by atoms with van der Waals surface area (Å²) in [5.74, 6) is 4.81. The molecule has 10 aromatic carbocycles. The van der Waals surface area contributed by atoms with Gasteiger partial charge in [-0.3, -0.25) is 4.90 Å². The summed E-state index contributed by atoms with van der Waals surface area (Å²) in [6, 6.07) is 104. The van der Waals surface area contributed by atoms with Gasteiger partial charge in [-0.2, -0.15) is 9.97 Å². The summed E-state index contributed by atoms with van der Waals surface area (Å²) in [6.07, 6.45) is 6.64. The highest BCUT2D eigenvalue weighted by molar-refractivity contribution is 7.20. The predicted molar refractivity (Wildman–Crippen MR) is 330 cm³/mol. The molecule has 0 unspecified atom stereocenters. The molecule has 1 aliphatic heterocycles. The van der Waals surface area contributed by atoms with Crippen LogP contribution in [0.2, 0.25) is 0 Å². The van der Waals surface area contributed by atoms with Gasteiger partial charge in [-0.1, -0.05) is 267 Å². The first-order valence-electron chi connectivity index (χ1n) is 28.4. The molecule has 4 nitrogen and oxygen atoms in total. The first-order valence-corrected chi connectivity index (χ1v) is 32.4. The lowest BCUT2D eigenvalue weighted by Gasteiger charge is -2.64. The van der Waals surface area contributed by atoms with Crippen LogP contribution in [0.25, 0.3) is 22.8 Å². The van der Waals surface area contributed by atoms with Gasteiger partial charge in [0.1, 0.15) is 0 Å². The number of nitrogens with zero attached hydrogens (tertiary/aromatic N) is 4. The molecule has 4 bridgehead atoms.